The second-order valence-corrected chi connectivity index (χ2v) is 12.0. The van der Waals surface area contributed by atoms with Crippen LogP contribution in [0.4, 0.5) is 13.2 Å². The number of halogens is 3. The van der Waals surface area contributed by atoms with Gasteiger partial charge in [0.25, 0.3) is 5.19 Å². The van der Waals surface area contributed by atoms with Gasteiger partial charge in [0, 0.05) is 23.5 Å². The number of hydrogen-bond donors (Lipinski definition) is 1. The lowest BCUT2D eigenvalue weighted by atomic mass is 9.87. The second kappa shape index (κ2) is 11.5. The minimum absolute atomic E-state index is 0.0176. The van der Waals surface area contributed by atoms with Crippen LogP contribution in [0.3, 0.4) is 0 Å². The molecule has 10 nitrogen and oxygen atoms in total. The number of imidazole rings is 1. The molecule has 1 N–H and O–H groups in total. The summed E-state index contributed by atoms with van der Waals surface area (Å²) in [6.07, 6.45) is -0.186. The number of carboxylic acids is 1. The summed E-state index contributed by atoms with van der Waals surface area (Å²) in [5, 5.41) is 18.2. The van der Waals surface area contributed by atoms with Crippen molar-refractivity contribution < 1.29 is 37.3 Å². The van der Waals surface area contributed by atoms with Crippen LogP contribution in [0.25, 0.3) is 22.3 Å². The van der Waals surface area contributed by atoms with Crippen molar-refractivity contribution >= 4 is 28.3 Å². The van der Waals surface area contributed by atoms with Gasteiger partial charge in [-0.1, -0.05) is 36.3 Å². The summed E-state index contributed by atoms with van der Waals surface area (Å²) in [5.74, 6) is -3.14. The average Bonchev–Trinajstić information content (AvgIpc) is 3.70. The van der Waals surface area contributed by atoms with Gasteiger partial charge in [-0.3, -0.25) is 0 Å². The standard InChI is InChI=1S/C30H26F3N5O5S/c1-30(2)14-42-12-23(30)38-22-9-16(28(39)40)8-20(33)27(22)35-24(38)10-15-7-19(32)17(11-18(15)31)21-5-4-6-25(34-21)43-13-26-36-37-29(41-3)44-26/h4-9,11,23H,10,12-14H2,1-3H3,(H,39,40)/t23-/m1/s1. The van der Waals surface area contributed by atoms with Crippen LogP contribution in [0.1, 0.15) is 46.6 Å². The van der Waals surface area contributed by atoms with Crippen molar-refractivity contribution in [2.45, 2.75) is 32.9 Å². The molecule has 1 fully saturated rings. The predicted molar refractivity (Wildman–Crippen MR) is 153 cm³/mol. The molecule has 0 amide bonds. The summed E-state index contributed by atoms with van der Waals surface area (Å²) in [5.41, 5.74) is -0.429. The molecule has 0 radical (unpaired) electrons. The third kappa shape index (κ3) is 5.57. The Morgan fingerprint density at radius 1 is 1.11 bits per heavy atom. The molecule has 0 unspecified atom stereocenters. The number of carboxylic acid groups (broad SMARTS) is 1. The fraction of sp³-hybridized carbons (Fsp3) is 0.300. The average molecular weight is 626 g/mol. The van der Waals surface area contributed by atoms with E-state index in [1.807, 2.05) is 13.8 Å². The molecule has 0 saturated carbocycles. The van der Waals surface area contributed by atoms with Gasteiger partial charge in [0.15, 0.2) is 10.8 Å². The number of benzene rings is 2. The maximum atomic E-state index is 15.6. The Hall–Kier alpha value is -4.56. The highest BCUT2D eigenvalue weighted by atomic mass is 32.1. The maximum absolute atomic E-state index is 15.6. The SMILES string of the molecule is COc1nnc(COc2cccc(-c3cc(F)c(Cc4nc5c(F)cc(C(=O)O)cc5n4[C@@H]4COCC4(C)C)cc3F)n2)s1. The fourth-order valence-corrected chi connectivity index (χ4v) is 5.79. The normalized spacial score (nSPS) is 16.0. The van der Waals surface area contributed by atoms with Crippen molar-refractivity contribution in [2.24, 2.45) is 5.41 Å². The highest BCUT2D eigenvalue weighted by Gasteiger charge is 2.39. The molecule has 5 aromatic rings. The van der Waals surface area contributed by atoms with Crippen LogP contribution >= 0.6 is 11.3 Å². The summed E-state index contributed by atoms with van der Waals surface area (Å²) in [4.78, 5) is 20.4. The quantitative estimate of drug-likeness (QED) is 0.215. The molecule has 1 aliphatic rings. The van der Waals surface area contributed by atoms with E-state index in [1.165, 1.54) is 30.6 Å². The smallest absolute Gasteiger partial charge is 0.335 e. The van der Waals surface area contributed by atoms with Gasteiger partial charge in [0.1, 0.15) is 29.6 Å². The first kappa shape index (κ1) is 29.5. The van der Waals surface area contributed by atoms with Gasteiger partial charge in [-0.2, -0.15) is 0 Å². The molecule has 0 aliphatic carbocycles. The fourth-order valence-electron chi connectivity index (χ4n) is 5.23. The molecule has 3 aromatic heterocycles. The van der Waals surface area contributed by atoms with E-state index in [2.05, 4.69) is 20.2 Å². The molecule has 228 valence electrons. The number of hydrogen-bond acceptors (Lipinski definition) is 9. The lowest BCUT2D eigenvalue weighted by Gasteiger charge is -2.28. The van der Waals surface area contributed by atoms with E-state index < -0.39 is 28.8 Å². The highest BCUT2D eigenvalue weighted by molar-refractivity contribution is 7.13. The third-order valence-corrected chi connectivity index (χ3v) is 8.34. The van der Waals surface area contributed by atoms with Crippen molar-refractivity contribution in [1.82, 2.24) is 24.7 Å². The zero-order chi connectivity index (χ0) is 31.2. The van der Waals surface area contributed by atoms with E-state index in [-0.39, 0.29) is 70.8 Å². The lowest BCUT2D eigenvalue weighted by Crippen LogP contribution is -2.27. The zero-order valence-electron chi connectivity index (χ0n) is 23.8. The first-order chi connectivity index (χ1) is 21.0. The van der Waals surface area contributed by atoms with Crippen LogP contribution in [0.5, 0.6) is 11.1 Å². The molecular formula is C30H26F3N5O5S. The van der Waals surface area contributed by atoms with Crippen molar-refractivity contribution in [3.05, 3.63) is 81.9 Å². The van der Waals surface area contributed by atoms with Crippen molar-refractivity contribution in [3.63, 3.8) is 0 Å². The molecule has 0 bridgehead atoms. The molecule has 4 heterocycles. The van der Waals surface area contributed by atoms with E-state index in [9.17, 15) is 9.90 Å². The molecule has 6 rings (SSSR count). The number of methoxy groups -OCH3 is 1. The van der Waals surface area contributed by atoms with E-state index >= 15 is 13.2 Å². The number of aromatic carboxylic acids is 1. The Morgan fingerprint density at radius 3 is 2.64 bits per heavy atom. The van der Waals surface area contributed by atoms with Gasteiger partial charge in [-0.05, 0) is 35.9 Å². The van der Waals surface area contributed by atoms with Gasteiger partial charge >= 0.3 is 5.97 Å². The second-order valence-electron chi connectivity index (χ2n) is 11.0. The highest BCUT2D eigenvalue weighted by Crippen LogP contribution is 2.41. The van der Waals surface area contributed by atoms with Crippen LogP contribution in [0.2, 0.25) is 0 Å². The molecule has 44 heavy (non-hydrogen) atoms. The Balaban J connectivity index is 1.33. The summed E-state index contributed by atoms with van der Waals surface area (Å²) >= 11 is 1.20. The molecule has 14 heteroatoms. The number of fused-ring (bicyclic) bond motifs is 1. The number of pyridine rings is 1. The van der Waals surface area contributed by atoms with Crippen molar-refractivity contribution in [3.8, 4) is 22.3 Å². The number of aromatic nitrogens is 5. The molecule has 1 atom stereocenters. The Bertz CT molecular complexity index is 1890. The van der Waals surface area contributed by atoms with Crippen LogP contribution in [0, 0.1) is 22.9 Å². The summed E-state index contributed by atoms with van der Waals surface area (Å²) < 4.78 is 64.3. The van der Waals surface area contributed by atoms with Crippen LogP contribution in [-0.2, 0) is 17.8 Å². The minimum Gasteiger partial charge on any atom is -0.478 e. The zero-order valence-corrected chi connectivity index (χ0v) is 24.6. The van der Waals surface area contributed by atoms with Gasteiger partial charge in [-0.25, -0.2) is 27.9 Å². The van der Waals surface area contributed by atoms with Gasteiger partial charge < -0.3 is 23.9 Å². The minimum atomic E-state index is -1.30. The number of carbonyl (C=O) groups is 1. The summed E-state index contributed by atoms with van der Waals surface area (Å²) in [7, 11) is 1.48. The molecule has 2 aromatic carbocycles. The summed E-state index contributed by atoms with van der Waals surface area (Å²) in [6, 6.07) is 8.71. The number of rotatable bonds is 9. The van der Waals surface area contributed by atoms with Gasteiger partial charge in [-0.15, -0.1) is 5.10 Å². The van der Waals surface area contributed by atoms with E-state index in [4.69, 9.17) is 14.2 Å². The van der Waals surface area contributed by atoms with Crippen LogP contribution in [-0.4, -0.2) is 56.1 Å². The van der Waals surface area contributed by atoms with E-state index in [0.29, 0.717) is 16.8 Å². The summed E-state index contributed by atoms with van der Waals surface area (Å²) in [6.45, 7) is 4.65. The van der Waals surface area contributed by atoms with Crippen molar-refractivity contribution in [1.29, 1.82) is 0 Å². The van der Waals surface area contributed by atoms with Crippen molar-refractivity contribution in [2.75, 3.05) is 20.3 Å². The third-order valence-electron chi connectivity index (χ3n) is 7.48. The number of ether oxygens (including phenoxy) is 3. The van der Waals surface area contributed by atoms with Crippen LogP contribution < -0.4 is 9.47 Å². The Kier molecular flexibility index (Phi) is 7.72. The first-order valence-corrected chi connectivity index (χ1v) is 14.3. The lowest BCUT2D eigenvalue weighted by molar-refractivity contribution is 0.0696. The monoisotopic (exact) mass is 625 g/mol. The van der Waals surface area contributed by atoms with Crippen LogP contribution in [0.15, 0.2) is 42.5 Å². The Labute approximate surface area is 253 Å². The molecular weight excluding hydrogens is 599 g/mol. The van der Waals surface area contributed by atoms with E-state index in [0.717, 1.165) is 18.2 Å². The molecule has 1 aliphatic heterocycles. The maximum Gasteiger partial charge on any atom is 0.335 e. The van der Waals surface area contributed by atoms with Gasteiger partial charge in [0.2, 0.25) is 5.88 Å². The first-order valence-electron chi connectivity index (χ1n) is 13.5. The molecule has 0 spiro atoms. The Morgan fingerprint density at radius 2 is 1.93 bits per heavy atom. The topological polar surface area (TPSA) is 121 Å². The number of nitrogens with zero attached hydrogens (tertiary/aromatic N) is 5. The largest absolute Gasteiger partial charge is 0.478 e. The predicted octanol–water partition coefficient (Wildman–Crippen LogP) is 5.84. The van der Waals surface area contributed by atoms with E-state index in [1.54, 1.807) is 16.7 Å². The molecule has 1 saturated heterocycles. The van der Waals surface area contributed by atoms with Gasteiger partial charge in [0.05, 0.1) is 43.1 Å².